The molecule has 15 rings (SSSR count). The van der Waals surface area contributed by atoms with Crippen LogP contribution in [0.2, 0.25) is 0 Å². The highest BCUT2D eigenvalue weighted by atomic mass is 32.2. The summed E-state index contributed by atoms with van der Waals surface area (Å²) in [5.74, 6) is 1.72. The highest BCUT2D eigenvalue weighted by Gasteiger charge is 2.54. The lowest BCUT2D eigenvalue weighted by Crippen LogP contribution is -2.33. The lowest BCUT2D eigenvalue weighted by atomic mass is 9.64. The highest BCUT2D eigenvalue weighted by molar-refractivity contribution is 7.99. The average molecular weight is 1010 g/mol. The first-order chi connectivity index (χ1) is 37.5. The molecule has 0 radical (unpaired) electrons. The summed E-state index contributed by atoms with van der Waals surface area (Å²) in [4.78, 5) is 5.10. The fourth-order valence-electron chi connectivity index (χ4n) is 13.8. The van der Waals surface area contributed by atoms with E-state index in [9.17, 15) is 0 Å². The lowest BCUT2D eigenvalue weighted by molar-refractivity contribution is 0.437. The van der Waals surface area contributed by atoms with Crippen LogP contribution in [-0.2, 0) is 21.7 Å². The van der Waals surface area contributed by atoms with Crippen LogP contribution < -0.4 is 9.64 Å². The molecule has 0 amide bonds. The van der Waals surface area contributed by atoms with Crippen molar-refractivity contribution in [3.05, 3.63) is 292 Å². The van der Waals surface area contributed by atoms with Crippen molar-refractivity contribution >= 4 is 39.6 Å². The molecule has 0 saturated carbocycles. The molecule has 0 saturated heterocycles. The number of rotatable bonds is 4. The number of nitrogens with zero attached hydrogens (tertiary/aromatic N) is 1. The van der Waals surface area contributed by atoms with Crippen molar-refractivity contribution in [2.75, 3.05) is 4.90 Å². The number of benzene rings is 11. The molecule has 0 unspecified atom stereocenters. The van der Waals surface area contributed by atoms with Crippen molar-refractivity contribution in [1.29, 1.82) is 0 Å². The standard InChI is InChI=1S/C74H57NOS/c1-71(2,3)47-37-40-53-54-41-38-48(72(4,5)6)44-63(54)74(62(53)43-47)58-28-12-16-34-67(58)76-70-61(74)31-20-33-66(70)75(65-32-15-10-25-56(65)51-26-19-22-46-21-7-8-23-50(46)51)49-39-42-55-52-24-9-11-27-57(52)73(64(55)45-49)59-29-13-17-35-68(59)77-69-36-18-14-30-60(69)73/h7-45H,1-6H3. The van der Waals surface area contributed by atoms with E-state index in [4.69, 9.17) is 4.74 Å². The molecule has 0 aromatic heterocycles. The van der Waals surface area contributed by atoms with Gasteiger partial charge in [-0.2, -0.15) is 0 Å². The van der Waals surface area contributed by atoms with Gasteiger partial charge in [-0.3, -0.25) is 0 Å². The summed E-state index contributed by atoms with van der Waals surface area (Å²) in [6.45, 7) is 14.0. The second kappa shape index (κ2) is 16.6. The molecule has 4 aliphatic rings. The number of hydrogen-bond donors (Lipinski definition) is 0. The van der Waals surface area contributed by atoms with E-state index in [1.165, 1.54) is 92.9 Å². The Morgan fingerprint density at radius 3 is 1.51 bits per heavy atom. The molecule has 2 spiro atoms. The van der Waals surface area contributed by atoms with E-state index >= 15 is 0 Å². The zero-order chi connectivity index (χ0) is 52.0. The second-order valence-corrected chi connectivity index (χ2v) is 24.6. The molecule has 3 heteroatoms. The summed E-state index contributed by atoms with van der Waals surface area (Å²) in [5.41, 5.74) is 21.8. The van der Waals surface area contributed by atoms with Gasteiger partial charge in [-0.05, 0) is 136 Å². The third-order valence-electron chi connectivity index (χ3n) is 17.3. The lowest BCUT2D eigenvalue weighted by Gasteiger charge is -2.42. The number of para-hydroxylation sites is 3. The maximum absolute atomic E-state index is 7.66. The van der Waals surface area contributed by atoms with E-state index in [0.717, 1.165) is 45.3 Å². The molecule has 11 aromatic rings. The molecular weight excluding hydrogens is 951 g/mol. The summed E-state index contributed by atoms with van der Waals surface area (Å²) in [7, 11) is 0. The van der Waals surface area contributed by atoms with E-state index in [0.29, 0.717) is 0 Å². The zero-order valence-electron chi connectivity index (χ0n) is 44.3. The number of ether oxygens (including phenoxy) is 1. The molecule has 2 heterocycles. The van der Waals surface area contributed by atoms with Gasteiger partial charge in [0, 0.05) is 32.2 Å². The largest absolute Gasteiger partial charge is 0.454 e. The third-order valence-corrected chi connectivity index (χ3v) is 18.5. The fourth-order valence-corrected chi connectivity index (χ4v) is 15.0. The predicted molar refractivity (Wildman–Crippen MR) is 320 cm³/mol. The highest BCUT2D eigenvalue weighted by Crippen LogP contribution is 2.66. The Bertz CT molecular complexity index is 4160. The fraction of sp³-hybridized carbons (Fsp3) is 0.135. The Hall–Kier alpha value is -8.37. The van der Waals surface area contributed by atoms with Crippen LogP contribution in [0.4, 0.5) is 17.1 Å². The van der Waals surface area contributed by atoms with E-state index in [2.05, 4.69) is 283 Å². The Morgan fingerprint density at radius 1 is 0.351 bits per heavy atom. The van der Waals surface area contributed by atoms with Crippen LogP contribution in [-0.4, -0.2) is 0 Å². The van der Waals surface area contributed by atoms with Crippen molar-refractivity contribution in [2.45, 2.75) is 73.0 Å². The van der Waals surface area contributed by atoms with Gasteiger partial charge >= 0.3 is 0 Å². The van der Waals surface area contributed by atoms with E-state index in [-0.39, 0.29) is 10.8 Å². The van der Waals surface area contributed by atoms with Crippen LogP contribution in [0.15, 0.2) is 246 Å². The van der Waals surface area contributed by atoms with Gasteiger partial charge in [-0.15, -0.1) is 0 Å². The second-order valence-electron chi connectivity index (χ2n) is 23.5. The predicted octanol–water partition coefficient (Wildman–Crippen LogP) is 19.9. The minimum absolute atomic E-state index is 0.0817. The molecule has 0 N–H and O–H groups in total. The minimum Gasteiger partial charge on any atom is -0.454 e. The van der Waals surface area contributed by atoms with Gasteiger partial charge < -0.3 is 9.64 Å². The molecule has 77 heavy (non-hydrogen) atoms. The van der Waals surface area contributed by atoms with Crippen molar-refractivity contribution in [2.24, 2.45) is 0 Å². The molecular formula is C74H57NOS. The first-order valence-electron chi connectivity index (χ1n) is 27.2. The van der Waals surface area contributed by atoms with E-state index < -0.39 is 10.8 Å². The van der Waals surface area contributed by atoms with Crippen LogP contribution >= 0.6 is 11.8 Å². The molecule has 370 valence electrons. The smallest absolute Gasteiger partial charge is 0.156 e. The number of anilines is 3. The van der Waals surface area contributed by atoms with Crippen LogP contribution in [0.25, 0.3) is 44.2 Å². The Balaban J connectivity index is 1.06. The van der Waals surface area contributed by atoms with Gasteiger partial charge in [-0.25, -0.2) is 0 Å². The molecule has 11 aromatic carbocycles. The Labute approximate surface area is 456 Å². The van der Waals surface area contributed by atoms with Crippen molar-refractivity contribution in [1.82, 2.24) is 0 Å². The van der Waals surface area contributed by atoms with Gasteiger partial charge in [0.15, 0.2) is 5.75 Å². The maximum Gasteiger partial charge on any atom is 0.156 e. The number of hydrogen-bond acceptors (Lipinski definition) is 3. The van der Waals surface area contributed by atoms with E-state index in [1.54, 1.807) is 0 Å². The van der Waals surface area contributed by atoms with Crippen molar-refractivity contribution in [3.8, 4) is 44.9 Å². The summed E-state index contributed by atoms with van der Waals surface area (Å²) < 4.78 is 7.66. The number of fused-ring (bicyclic) bond motifs is 19. The quantitative estimate of drug-likeness (QED) is 0.174. The molecule has 0 atom stereocenters. The van der Waals surface area contributed by atoms with Crippen LogP contribution in [0.1, 0.15) is 97.2 Å². The first-order valence-corrected chi connectivity index (χ1v) is 28.0. The summed E-state index contributed by atoms with van der Waals surface area (Å²) >= 11 is 1.88. The summed E-state index contributed by atoms with van der Waals surface area (Å²) in [5, 5.41) is 2.42. The van der Waals surface area contributed by atoms with Gasteiger partial charge in [-0.1, -0.05) is 247 Å². The maximum atomic E-state index is 7.66. The summed E-state index contributed by atoms with van der Waals surface area (Å²) in [6, 6.07) is 89.4. The van der Waals surface area contributed by atoms with Crippen molar-refractivity contribution < 1.29 is 4.74 Å². The van der Waals surface area contributed by atoms with Crippen LogP contribution in [0.5, 0.6) is 11.5 Å². The Morgan fingerprint density at radius 2 is 0.818 bits per heavy atom. The molecule has 2 aliphatic carbocycles. The SMILES string of the molecule is CC(C)(C)c1ccc2c(c1)C1(c3ccccc3Oc3c(N(c4ccc5c(c4)C4(c6ccccc6Sc6ccccc64)c4ccccc4-5)c4ccccc4-c4cccc5ccccc45)cccc31)c1cc(C(C)(C)C)ccc1-2. The molecule has 0 bridgehead atoms. The van der Waals surface area contributed by atoms with Crippen LogP contribution in [0.3, 0.4) is 0 Å². The third kappa shape index (κ3) is 6.44. The van der Waals surface area contributed by atoms with Gasteiger partial charge in [0.2, 0.25) is 0 Å². The van der Waals surface area contributed by atoms with E-state index in [1.807, 2.05) is 11.8 Å². The monoisotopic (exact) mass is 1010 g/mol. The van der Waals surface area contributed by atoms with Crippen molar-refractivity contribution in [3.63, 3.8) is 0 Å². The van der Waals surface area contributed by atoms with Crippen LogP contribution in [0, 0.1) is 0 Å². The molecule has 2 nitrogen and oxygen atoms in total. The van der Waals surface area contributed by atoms with Gasteiger partial charge in [0.1, 0.15) is 5.75 Å². The summed E-state index contributed by atoms with van der Waals surface area (Å²) in [6.07, 6.45) is 0. The first kappa shape index (κ1) is 46.0. The average Bonchev–Trinajstić information content (AvgIpc) is 3.92. The van der Waals surface area contributed by atoms with Gasteiger partial charge in [0.05, 0.1) is 22.2 Å². The van der Waals surface area contributed by atoms with Gasteiger partial charge in [0.25, 0.3) is 0 Å². The Kier molecular flexibility index (Phi) is 9.89. The minimum atomic E-state index is -0.703. The molecule has 2 aliphatic heterocycles. The topological polar surface area (TPSA) is 12.5 Å². The molecule has 0 fully saturated rings. The normalized spacial score (nSPS) is 14.6. The zero-order valence-corrected chi connectivity index (χ0v) is 45.1.